The van der Waals surface area contributed by atoms with Crippen LogP contribution in [-0.4, -0.2) is 18.3 Å². The van der Waals surface area contributed by atoms with Crippen molar-refractivity contribution in [3.05, 3.63) is 35.9 Å². The SMILES string of the molecule is CC(C)(C)c1ccccc1.O=[Si]([O-])[O-].O=[Si]([O-])[O-].[Zr+4]. The molecule has 0 aliphatic rings. The van der Waals surface area contributed by atoms with Gasteiger partial charge in [-0.3, -0.25) is 0 Å². The molecule has 0 N–H and O–H groups in total. The minimum Gasteiger partial charge on any atom is -0.672 e. The van der Waals surface area contributed by atoms with Gasteiger partial charge in [0, 0.05) is 18.3 Å². The van der Waals surface area contributed by atoms with Gasteiger partial charge in [-0.2, -0.15) is 0 Å². The van der Waals surface area contributed by atoms with Crippen LogP contribution in [0, 0.1) is 0 Å². The van der Waals surface area contributed by atoms with Crippen molar-refractivity contribution in [1.82, 2.24) is 0 Å². The smallest absolute Gasteiger partial charge is 0.672 e. The Kier molecular flexibility index (Phi) is 15.3. The average Bonchev–Trinajstić information content (AvgIpc) is 2.16. The molecule has 9 heteroatoms. The molecule has 0 atom stereocenters. The van der Waals surface area contributed by atoms with Crippen molar-refractivity contribution in [2.45, 2.75) is 26.2 Å². The maximum absolute atomic E-state index is 8.52. The number of rotatable bonds is 0. The van der Waals surface area contributed by atoms with Crippen molar-refractivity contribution < 1.29 is 54.3 Å². The van der Waals surface area contributed by atoms with E-state index >= 15 is 0 Å². The second kappa shape index (κ2) is 12.4. The summed E-state index contributed by atoms with van der Waals surface area (Å²) in [7, 11) is -7.26. The van der Waals surface area contributed by atoms with Gasteiger partial charge in [0.15, 0.2) is 0 Å². The summed E-state index contributed by atoms with van der Waals surface area (Å²) < 4.78 is 17.0. The van der Waals surface area contributed by atoms with Gasteiger partial charge in [0.2, 0.25) is 0 Å². The molecule has 0 saturated heterocycles. The van der Waals surface area contributed by atoms with E-state index in [2.05, 4.69) is 51.1 Å². The molecule has 102 valence electrons. The summed E-state index contributed by atoms with van der Waals surface area (Å²) in [5.41, 5.74) is 1.69. The fraction of sp³-hybridized carbons (Fsp3) is 0.400. The van der Waals surface area contributed by atoms with Crippen LogP contribution >= 0.6 is 0 Å². The first-order valence-corrected chi connectivity index (χ1v) is 7.33. The third kappa shape index (κ3) is 22.9. The summed E-state index contributed by atoms with van der Waals surface area (Å²) in [5.74, 6) is 0. The second-order valence-electron chi connectivity index (χ2n) is 4.12. The molecule has 0 bridgehead atoms. The van der Waals surface area contributed by atoms with E-state index in [9.17, 15) is 0 Å². The van der Waals surface area contributed by atoms with E-state index in [0.29, 0.717) is 5.41 Å². The summed E-state index contributed by atoms with van der Waals surface area (Å²) >= 11 is 0. The Bertz CT molecular complexity index is 346. The molecule has 1 aromatic carbocycles. The predicted molar refractivity (Wildman–Crippen MR) is 58.0 cm³/mol. The van der Waals surface area contributed by atoms with E-state index in [1.807, 2.05) is 0 Å². The number of benzene rings is 1. The largest absolute Gasteiger partial charge is 4.00 e. The topological polar surface area (TPSA) is 126 Å². The van der Waals surface area contributed by atoms with Crippen molar-refractivity contribution in [3.63, 3.8) is 0 Å². The maximum atomic E-state index is 8.52. The second-order valence-corrected chi connectivity index (χ2v) is 5.12. The molecular weight excluding hydrogens is 364 g/mol. The van der Waals surface area contributed by atoms with Crippen LogP contribution in [-0.2, 0) is 40.5 Å². The Hall–Kier alpha value is -0.663. The van der Waals surface area contributed by atoms with Crippen LogP contribution in [0.5, 0.6) is 0 Å². The number of hydrogen-bond donors (Lipinski definition) is 0. The van der Waals surface area contributed by atoms with Crippen LogP contribution in [0.2, 0.25) is 0 Å². The molecule has 0 radical (unpaired) electrons. The molecule has 0 fully saturated rings. The van der Waals surface area contributed by atoms with Gasteiger partial charge in [-0.1, -0.05) is 51.1 Å². The standard InChI is InChI=1S/C10H14.2O3Si.Zr/c1-10(2,3)9-7-5-4-6-8-9;2*1-4(2)3;/h4-8H,1-3H3;;;/q;2*-2;+4. The van der Waals surface area contributed by atoms with Gasteiger partial charge in [0.05, 0.1) is 0 Å². The molecule has 19 heavy (non-hydrogen) atoms. The molecule has 0 aliphatic heterocycles. The summed E-state index contributed by atoms with van der Waals surface area (Å²) in [6.07, 6.45) is 0. The van der Waals surface area contributed by atoms with E-state index in [0.717, 1.165) is 0 Å². The summed E-state index contributed by atoms with van der Waals surface area (Å²) in [5, 5.41) is 0. The average molecular weight is 378 g/mol. The van der Waals surface area contributed by atoms with Crippen molar-refractivity contribution in [3.8, 4) is 0 Å². The first-order chi connectivity index (χ1) is 8.07. The van der Waals surface area contributed by atoms with Gasteiger partial charge >= 0.3 is 26.2 Å². The minimum absolute atomic E-state index is 0. The van der Waals surface area contributed by atoms with Gasteiger partial charge in [-0.15, -0.1) is 0 Å². The van der Waals surface area contributed by atoms with Crippen molar-refractivity contribution in [2.24, 2.45) is 0 Å². The van der Waals surface area contributed by atoms with Gasteiger partial charge < -0.3 is 28.1 Å². The maximum Gasteiger partial charge on any atom is 4.00 e. The molecule has 0 aromatic heterocycles. The molecule has 6 nitrogen and oxygen atoms in total. The quantitative estimate of drug-likeness (QED) is 0.450. The fourth-order valence-corrected chi connectivity index (χ4v) is 0.938. The van der Waals surface area contributed by atoms with Crippen LogP contribution in [0.1, 0.15) is 26.3 Å². The zero-order valence-corrected chi connectivity index (χ0v) is 15.3. The van der Waals surface area contributed by atoms with Crippen molar-refractivity contribution in [2.75, 3.05) is 0 Å². The third-order valence-electron chi connectivity index (χ3n) is 1.64. The van der Waals surface area contributed by atoms with E-state index in [4.69, 9.17) is 28.1 Å². The monoisotopic (exact) mass is 376 g/mol. The predicted octanol–water partition coefficient (Wildman–Crippen LogP) is -2.77. The van der Waals surface area contributed by atoms with Gasteiger partial charge in [-0.05, 0) is 11.0 Å². The van der Waals surface area contributed by atoms with E-state index in [-0.39, 0.29) is 26.2 Å². The normalized spacial score (nSPS) is 8.58. The molecular formula is C10H14O6Si2Zr. The van der Waals surface area contributed by atoms with Crippen LogP contribution in [0.4, 0.5) is 0 Å². The van der Waals surface area contributed by atoms with Crippen LogP contribution in [0.25, 0.3) is 0 Å². The van der Waals surface area contributed by atoms with Crippen LogP contribution < -0.4 is 19.2 Å². The zero-order valence-electron chi connectivity index (χ0n) is 10.8. The molecule has 0 unspecified atom stereocenters. The van der Waals surface area contributed by atoms with E-state index in [1.165, 1.54) is 5.56 Å². The summed E-state index contributed by atoms with van der Waals surface area (Å²) in [6, 6.07) is 10.6. The third-order valence-corrected chi connectivity index (χ3v) is 1.64. The Morgan fingerprint density at radius 2 is 1.11 bits per heavy atom. The molecule has 0 saturated carbocycles. The minimum atomic E-state index is -3.63. The molecule has 0 heterocycles. The van der Waals surface area contributed by atoms with Crippen LogP contribution in [0.3, 0.4) is 0 Å². The van der Waals surface area contributed by atoms with Gasteiger partial charge in [0.25, 0.3) is 0 Å². The molecule has 1 aromatic rings. The Labute approximate surface area is 134 Å². The van der Waals surface area contributed by atoms with Crippen molar-refractivity contribution in [1.29, 1.82) is 0 Å². The van der Waals surface area contributed by atoms with Gasteiger partial charge in [-0.25, -0.2) is 0 Å². The molecule has 0 aliphatic carbocycles. The fourth-order valence-electron chi connectivity index (χ4n) is 0.938. The van der Waals surface area contributed by atoms with Crippen LogP contribution in [0.15, 0.2) is 30.3 Å². The number of hydrogen-bond acceptors (Lipinski definition) is 6. The first-order valence-electron chi connectivity index (χ1n) is 4.89. The Balaban J connectivity index is -0.000000242. The molecule has 0 amide bonds. The zero-order chi connectivity index (χ0) is 14.8. The van der Waals surface area contributed by atoms with Crippen molar-refractivity contribution >= 4 is 18.3 Å². The Morgan fingerprint density at radius 1 is 0.842 bits per heavy atom. The van der Waals surface area contributed by atoms with Gasteiger partial charge in [0.1, 0.15) is 0 Å². The molecule has 1 rings (SSSR count). The Morgan fingerprint density at radius 3 is 1.26 bits per heavy atom. The summed E-state index contributed by atoms with van der Waals surface area (Å²) in [4.78, 5) is 34.1. The van der Waals surface area contributed by atoms with E-state index in [1.54, 1.807) is 0 Å². The summed E-state index contributed by atoms with van der Waals surface area (Å²) in [6.45, 7) is 6.67. The first kappa shape index (κ1) is 23.4. The molecule has 0 spiro atoms. The van der Waals surface area contributed by atoms with E-state index < -0.39 is 18.3 Å².